The number of halogens is 1. The maximum absolute atomic E-state index is 12.0. The average Bonchev–Trinajstić information content (AvgIpc) is 3.16. The number of hydrogen-bond acceptors (Lipinski definition) is 4. The van der Waals surface area contributed by atoms with E-state index in [-0.39, 0.29) is 53.6 Å². The van der Waals surface area contributed by atoms with Crippen LogP contribution >= 0.6 is 24.0 Å². The zero-order chi connectivity index (χ0) is 20.6. The molecule has 0 bridgehead atoms. The fraction of sp³-hybridized carbons (Fsp3) is 0.350. The highest BCUT2D eigenvalue weighted by Crippen LogP contribution is 2.11. The van der Waals surface area contributed by atoms with Crippen molar-refractivity contribution in [1.82, 2.24) is 16.0 Å². The van der Waals surface area contributed by atoms with Crippen LogP contribution in [0.5, 0.6) is 0 Å². The van der Waals surface area contributed by atoms with Crippen LogP contribution in [0.2, 0.25) is 0 Å². The topological polar surface area (TPSA) is 108 Å². The number of benzene rings is 1. The van der Waals surface area contributed by atoms with E-state index in [9.17, 15) is 9.59 Å². The molecule has 1 heterocycles. The molecule has 0 saturated heterocycles. The van der Waals surface area contributed by atoms with Crippen molar-refractivity contribution in [3.63, 3.8) is 0 Å². The highest BCUT2D eigenvalue weighted by atomic mass is 127. The second-order valence-corrected chi connectivity index (χ2v) is 7.21. The molecule has 0 aliphatic carbocycles. The Balaban J connectivity index is 0.00000420. The number of nitrogens with one attached hydrogen (secondary N) is 4. The molecule has 0 aliphatic heterocycles. The van der Waals surface area contributed by atoms with E-state index in [1.807, 2.05) is 45.0 Å². The van der Waals surface area contributed by atoms with Gasteiger partial charge in [-0.25, -0.2) is 0 Å². The van der Waals surface area contributed by atoms with Crippen LogP contribution in [0, 0.1) is 0 Å². The van der Waals surface area contributed by atoms with Crippen molar-refractivity contribution in [2.75, 3.05) is 18.9 Å². The van der Waals surface area contributed by atoms with Crippen LogP contribution in [-0.2, 0) is 11.3 Å². The zero-order valence-electron chi connectivity index (χ0n) is 17.0. The molecule has 0 radical (unpaired) electrons. The van der Waals surface area contributed by atoms with Crippen LogP contribution < -0.4 is 21.3 Å². The summed E-state index contributed by atoms with van der Waals surface area (Å²) >= 11 is 0. The van der Waals surface area contributed by atoms with Crippen molar-refractivity contribution in [1.29, 1.82) is 0 Å². The Morgan fingerprint density at radius 2 is 1.76 bits per heavy atom. The molecule has 0 unspecified atom stereocenters. The Morgan fingerprint density at radius 1 is 1.07 bits per heavy atom. The van der Waals surface area contributed by atoms with Crippen molar-refractivity contribution in [2.24, 2.45) is 4.99 Å². The summed E-state index contributed by atoms with van der Waals surface area (Å²) in [6.45, 7) is 6.44. The number of furan rings is 1. The third kappa shape index (κ3) is 8.99. The monoisotopic (exact) mass is 513 g/mol. The first-order valence-electron chi connectivity index (χ1n) is 8.96. The van der Waals surface area contributed by atoms with Gasteiger partial charge in [-0.1, -0.05) is 12.1 Å². The molecule has 158 valence electrons. The van der Waals surface area contributed by atoms with Crippen molar-refractivity contribution in [2.45, 2.75) is 32.9 Å². The van der Waals surface area contributed by atoms with E-state index in [1.54, 1.807) is 19.2 Å². The van der Waals surface area contributed by atoms with Gasteiger partial charge in [0.15, 0.2) is 11.7 Å². The Bertz CT molecular complexity index is 812. The molecule has 0 fully saturated rings. The first kappa shape index (κ1) is 24.5. The molecule has 2 amide bonds. The molecule has 2 aromatic rings. The normalized spacial score (nSPS) is 11.2. The van der Waals surface area contributed by atoms with Gasteiger partial charge in [0.25, 0.3) is 5.91 Å². The van der Waals surface area contributed by atoms with Crippen LogP contribution in [-0.4, -0.2) is 36.9 Å². The highest BCUT2D eigenvalue weighted by molar-refractivity contribution is 14.0. The minimum atomic E-state index is -0.297. The van der Waals surface area contributed by atoms with Gasteiger partial charge < -0.3 is 25.7 Å². The molecule has 29 heavy (non-hydrogen) atoms. The van der Waals surface area contributed by atoms with E-state index < -0.39 is 0 Å². The van der Waals surface area contributed by atoms with Gasteiger partial charge in [-0.3, -0.25) is 14.6 Å². The maximum Gasteiger partial charge on any atom is 0.291 e. The number of hydrogen-bond donors (Lipinski definition) is 4. The van der Waals surface area contributed by atoms with Crippen molar-refractivity contribution in [3.8, 4) is 0 Å². The molecule has 0 aliphatic rings. The fourth-order valence-electron chi connectivity index (χ4n) is 2.34. The Labute approximate surface area is 187 Å². The standard InChI is InChI=1S/C20H27N5O3.HI/c1-20(2,3)25-17(26)13-23-19(21-4)22-12-14-7-9-15(10-8-14)24-18(27)16-6-5-11-28-16;/h5-11H,12-13H2,1-4H3,(H,24,27)(H,25,26)(H2,21,22,23);1H. The second kappa shape index (κ2) is 11.4. The number of rotatable bonds is 6. The molecule has 1 aromatic carbocycles. The van der Waals surface area contributed by atoms with E-state index in [2.05, 4.69) is 26.3 Å². The summed E-state index contributed by atoms with van der Waals surface area (Å²) in [5.74, 6) is 0.386. The quantitative estimate of drug-likeness (QED) is 0.270. The number of carbonyl (C=O) groups is 2. The summed E-state index contributed by atoms with van der Waals surface area (Å²) in [7, 11) is 1.64. The smallest absolute Gasteiger partial charge is 0.291 e. The molecule has 8 nitrogen and oxygen atoms in total. The van der Waals surface area contributed by atoms with E-state index in [1.165, 1.54) is 6.26 Å². The van der Waals surface area contributed by atoms with Gasteiger partial charge in [0.05, 0.1) is 12.8 Å². The Kier molecular flexibility index (Phi) is 9.66. The summed E-state index contributed by atoms with van der Waals surface area (Å²) in [4.78, 5) is 27.9. The molecular weight excluding hydrogens is 485 g/mol. The second-order valence-electron chi connectivity index (χ2n) is 7.21. The largest absolute Gasteiger partial charge is 0.459 e. The van der Waals surface area contributed by atoms with Crippen molar-refractivity contribution in [3.05, 3.63) is 54.0 Å². The Morgan fingerprint density at radius 3 is 2.31 bits per heavy atom. The number of guanidine groups is 1. The molecule has 9 heteroatoms. The third-order valence-electron chi connectivity index (χ3n) is 3.57. The van der Waals surface area contributed by atoms with Crippen molar-refractivity contribution < 1.29 is 14.0 Å². The lowest BCUT2D eigenvalue weighted by Crippen LogP contribution is -2.48. The van der Waals surface area contributed by atoms with Crippen LogP contribution in [0.25, 0.3) is 0 Å². The summed E-state index contributed by atoms with van der Waals surface area (Å²) in [5, 5.41) is 11.8. The van der Waals surface area contributed by atoms with Crippen molar-refractivity contribution >= 4 is 47.4 Å². The summed E-state index contributed by atoms with van der Waals surface area (Å²) in [6.07, 6.45) is 1.46. The van der Waals surface area contributed by atoms with Gasteiger partial charge >= 0.3 is 0 Å². The molecule has 0 spiro atoms. The molecule has 2 rings (SSSR count). The predicted molar refractivity (Wildman–Crippen MR) is 125 cm³/mol. The van der Waals surface area contributed by atoms with Gasteiger partial charge in [-0.15, -0.1) is 24.0 Å². The minimum absolute atomic E-state index is 0. The van der Waals surface area contributed by atoms with Crippen LogP contribution in [0.3, 0.4) is 0 Å². The average molecular weight is 513 g/mol. The lowest BCUT2D eigenvalue weighted by atomic mass is 10.1. The zero-order valence-corrected chi connectivity index (χ0v) is 19.4. The van der Waals surface area contributed by atoms with E-state index >= 15 is 0 Å². The van der Waals surface area contributed by atoms with Gasteiger partial charge in [-0.05, 0) is 50.6 Å². The minimum Gasteiger partial charge on any atom is -0.459 e. The molecule has 0 saturated carbocycles. The van der Waals surface area contributed by atoms with E-state index in [4.69, 9.17) is 4.42 Å². The number of aliphatic imine (C=N–C) groups is 1. The SMILES string of the molecule is CN=C(NCC(=O)NC(C)(C)C)NCc1ccc(NC(=O)c2ccco2)cc1.I. The maximum atomic E-state index is 12.0. The van der Waals surface area contributed by atoms with Gasteiger partial charge in [-0.2, -0.15) is 0 Å². The first-order valence-corrected chi connectivity index (χ1v) is 8.96. The lowest BCUT2D eigenvalue weighted by molar-refractivity contribution is -0.121. The van der Waals surface area contributed by atoms with Gasteiger partial charge in [0, 0.05) is 24.8 Å². The number of anilines is 1. The van der Waals surface area contributed by atoms with E-state index in [0.29, 0.717) is 18.2 Å². The summed E-state index contributed by atoms with van der Waals surface area (Å²) in [6, 6.07) is 10.7. The van der Waals surface area contributed by atoms with Crippen LogP contribution in [0.4, 0.5) is 5.69 Å². The van der Waals surface area contributed by atoms with E-state index in [0.717, 1.165) is 5.56 Å². The van der Waals surface area contributed by atoms with Gasteiger partial charge in [0.2, 0.25) is 5.91 Å². The third-order valence-corrected chi connectivity index (χ3v) is 3.57. The molecular formula is C20H28IN5O3. The van der Waals surface area contributed by atoms with Gasteiger partial charge in [0.1, 0.15) is 0 Å². The van der Waals surface area contributed by atoms with Crippen LogP contribution in [0.1, 0.15) is 36.9 Å². The predicted octanol–water partition coefficient (Wildman–Crippen LogP) is 2.73. The molecule has 0 atom stereocenters. The molecule has 1 aromatic heterocycles. The fourth-order valence-corrected chi connectivity index (χ4v) is 2.34. The number of carbonyl (C=O) groups excluding carboxylic acids is 2. The molecule has 4 N–H and O–H groups in total. The Hall–Kier alpha value is -2.56. The summed E-state index contributed by atoms with van der Waals surface area (Å²) in [5.41, 5.74) is 1.40. The number of amides is 2. The lowest BCUT2D eigenvalue weighted by Gasteiger charge is -2.21. The highest BCUT2D eigenvalue weighted by Gasteiger charge is 2.13. The van der Waals surface area contributed by atoms with Crippen LogP contribution in [0.15, 0.2) is 52.1 Å². The number of nitrogens with zero attached hydrogens (tertiary/aromatic N) is 1. The first-order chi connectivity index (χ1) is 13.3. The summed E-state index contributed by atoms with van der Waals surface area (Å²) < 4.78 is 5.06.